The van der Waals surface area contributed by atoms with Gasteiger partial charge in [-0.3, -0.25) is 4.98 Å². The highest BCUT2D eigenvalue weighted by Crippen LogP contribution is 2.12. The predicted molar refractivity (Wildman–Crippen MR) is 77.9 cm³/mol. The molecule has 0 amide bonds. The maximum atomic E-state index is 5.40. The molecule has 0 unspecified atom stereocenters. The van der Waals surface area contributed by atoms with Crippen molar-refractivity contribution in [2.75, 3.05) is 25.6 Å². The van der Waals surface area contributed by atoms with Crippen LogP contribution in [0, 0.1) is 6.92 Å². The molecule has 5 nitrogen and oxygen atoms in total. The van der Waals surface area contributed by atoms with Crippen molar-refractivity contribution in [3.8, 4) is 5.88 Å². The zero-order valence-electron chi connectivity index (χ0n) is 11.8. The summed E-state index contributed by atoms with van der Waals surface area (Å²) >= 11 is 0. The van der Waals surface area contributed by atoms with E-state index < -0.39 is 0 Å². The van der Waals surface area contributed by atoms with Crippen molar-refractivity contribution in [2.45, 2.75) is 13.5 Å². The van der Waals surface area contributed by atoms with Crippen LogP contribution >= 0.6 is 0 Å². The fourth-order valence-electron chi connectivity index (χ4n) is 1.61. The molecule has 106 valence electrons. The zero-order chi connectivity index (χ0) is 14.2. The first-order valence-corrected chi connectivity index (χ1v) is 6.51. The van der Waals surface area contributed by atoms with Gasteiger partial charge in [-0.15, -0.1) is 0 Å². The molecule has 0 radical (unpaired) electrons. The summed E-state index contributed by atoms with van der Waals surface area (Å²) in [6.07, 6.45) is 3.63. The quantitative estimate of drug-likeness (QED) is 0.785. The van der Waals surface area contributed by atoms with E-state index in [0.717, 1.165) is 23.5 Å². The van der Waals surface area contributed by atoms with E-state index in [0.29, 0.717) is 19.1 Å². The molecule has 0 saturated heterocycles. The number of hydrogen-bond donors (Lipinski definition) is 1. The van der Waals surface area contributed by atoms with E-state index in [1.807, 2.05) is 31.3 Å². The van der Waals surface area contributed by atoms with Crippen molar-refractivity contribution in [2.24, 2.45) is 0 Å². The Labute approximate surface area is 119 Å². The number of nitrogens with one attached hydrogen (secondary N) is 1. The minimum Gasteiger partial charge on any atom is -0.475 e. The van der Waals surface area contributed by atoms with Crippen LogP contribution in [0.3, 0.4) is 0 Å². The highest BCUT2D eigenvalue weighted by Gasteiger charge is 1.98. The molecule has 0 saturated carbocycles. The minimum absolute atomic E-state index is 0.505. The molecule has 2 aromatic heterocycles. The van der Waals surface area contributed by atoms with Gasteiger partial charge in [-0.2, -0.15) is 0 Å². The van der Waals surface area contributed by atoms with Crippen molar-refractivity contribution in [3.05, 3.63) is 47.9 Å². The van der Waals surface area contributed by atoms with E-state index in [4.69, 9.17) is 9.47 Å². The lowest BCUT2D eigenvalue weighted by Gasteiger charge is -2.08. The Morgan fingerprint density at radius 3 is 2.60 bits per heavy atom. The molecule has 0 spiro atoms. The summed E-state index contributed by atoms with van der Waals surface area (Å²) in [6.45, 7) is 3.76. The van der Waals surface area contributed by atoms with Crippen LogP contribution in [-0.4, -0.2) is 30.3 Å². The van der Waals surface area contributed by atoms with Crippen LogP contribution in [0.4, 0.5) is 5.69 Å². The first-order valence-electron chi connectivity index (χ1n) is 6.51. The summed E-state index contributed by atoms with van der Waals surface area (Å²) in [5.74, 6) is 0.601. The van der Waals surface area contributed by atoms with Crippen molar-refractivity contribution in [3.63, 3.8) is 0 Å². The van der Waals surface area contributed by atoms with Gasteiger partial charge in [0.25, 0.3) is 0 Å². The fourth-order valence-corrected chi connectivity index (χ4v) is 1.61. The lowest BCUT2D eigenvalue weighted by Crippen LogP contribution is -2.05. The third kappa shape index (κ3) is 4.51. The zero-order valence-corrected chi connectivity index (χ0v) is 11.8. The standard InChI is InChI=1S/C15H19N3O2/c1-12-3-4-13(9-16-12)10-17-14-5-6-15(18-11-14)20-8-7-19-2/h3-6,9,11,17H,7-8,10H2,1-2H3. The monoisotopic (exact) mass is 273 g/mol. The van der Waals surface area contributed by atoms with E-state index >= 15 is 0 Å². The van der Waals surface area contributed by atoms with Crippen LogP contribution in [0.15, 0.2) is 36.7 Å². The van der Waals surface area contributed by atoms with Gasteiger partial charge in [-0.25, -0.2) is 4.98 Å². The number of nitrogens with zero attached hydrogens (tertiary/aromatic N) is 2. The number of methoxy groups -OCH3 is 1. The molecule has 0 bridgehead atoms. The van der Waals surface area contributed by atoms with Gasteiger partial charge in [0.1, 0.15) is 6.61 Å². The molecular formula is C15H19N3O2. The SMILES string of the molecule is COCCOc1ccc(NCc2ccc(C)nc2)cn1. The molecule has 0 aliphatic rings. The van der Waals surface area contributed by atoms with Gasteiger partial charge in [0.2, 0.25) is 5.88 Å². The first kappa shape index (κ1) is 14.3. The van der Waals surface area contributed by atoms with Gasteiger partial charge in [0, 0.05) is 31.6 Å². The summed E-state index contributed by atoms with van der Waals surface area (Å²) in [6, 6.07) is 7.84. The maximum Gasteiger partial charge on any atom is 0.213 e. The molecule has 0 atom stereocenters. The van der Waals surface area contributed by atoms with Gasteiger partial charge in [0.15, 0.2) is 0 Å². The smallest absolute Gasteiger partial charge is 0.213 e. The lowest BCUT2D eigenvalue weighted by molar-refractivity contribution is 0.144. The summed E-state index contributed by atoms with van der Waals surface area (Å²) in [4.78, 5) is 8.48. The van der Waals surface area contributed by atoms with E-state index in [1.54, 1.807) is 13.3 Å². The number of aryl methyl sites for hydroxylation is 1. The number of hydrogen-bond acceptors (Lipinski definition) is 5. The predicted octanol–water partition coefficient (Wildman–Crippen LogP) is 2.42. The molecule has 2 heterocycles. The van der Waals surface area contributed by atoms with Crippen molar-refractivity contribution in [1.82, 2.24) is 9.97 Å². The number of pyridine rings is 2. The maximum absolute atomic E-state index is 5.40. The van der Waals surface area contributed by atoms with Crippen LogP contribution < -0.4 is 10.1 Å². The molecule has 2 aromatic rings. The van der Waals surface area contributed by atoms with Crippen molar-refractivity contribution in [1.29, 1.82) is 0 Å². The van der Waals surface area contributed by atoms with Crippen LogP contribution in [-0.2, 0) is 11.3 Å². The Kier molecular flexibility index (Phi) is 5.32. The van der Waals surface area contributed by atoms with Crippen LogP contribution in [0.25, 0.3) is 0 Å². The number of ether oxygens (including phenoxy) is 2. The third-order valence-electron chi connectivity index (χ3n) is 2.74. The molecule has 0 aliphatic heterocycles. The Morgan fingerprint density at radius 2 is 1.95 bits per heavy atom. The molecule has 1 N–H and O–H groups in total. The molecule has 0 aromatic carbocycles. The van der Waals surface area contributed by atoms with Crippen LogP contribution in [0.2, 0.25) is 0 Å². The van der Waals surface area contributed by atoms with E-state index in [9.17, 15) is 0 Å². The van der Waals surface area contributed by atoms with Gasteiger partial charge in [-0.1, -0.05) is 6.07 Å². The van der Waals surface area contributed by atoms with Crippen molar-refractivity contribution >= 4 is 5.69 Å². The second kappa shape index (κ2) is 7.45. The molecular weight excluding hydrogens is 254 g/mol. The summed E-state index contributed by atoms with van der Waals surface area (Å²) in [5.41, 5.74) is 3.11. The Bertz CT molecular complexity index is 512. The van der Waals surface area contributed by atoms with E-state index in [-0.39, 0.29) is 0 Å². The molecule has 0 aliphatic carbocycles. The van der Waals surface area contributed by atoms with Gasteiger partial charge in [0.05, 0.1) is 18.5 Å². The lowest BCUT2D eigenvalue weighted by atomic mass is 10.2. The Balaban J connectivity index is 1.82. The third-order valence-corrected chi connectivity index (χ3v) is 2.74. The average molecular weight is 273 g/mol. The second-order valence-corrected chi connectivity index (χ2v) is 4.39. The highest BCUT2D eigenvalue weighted by atomic mass is 16.5. The van der Waals surface area contributed by atoms with Crippen LogP contribution in [0.1, 0.15) is 11.3 Å². The number of aromatic nitrogens is 2. The fraction of sp³-hybridized carbons (Fsp3) is 0.333. The van der Waals surface area contributed by atoms with Crippen molar-refractivity contribution < 1.29 is 9.47 Å². The Hall–Kier alpha value is -2.14. The first-order chi connectivity index (χ1) is 9.78. The molecule has 20 heavy (non-hydrogen) atoms. The second-order valence-electron chi connectivity index (χ2n) is 4.39. The normalized spacial score (nSPS) is 10.3. The Morgan fingerprint density at radius 1 is 1.05 bits per heavy atom. The van der Waals surface area contributed by atoms with Crippen LogP contribution in [0.5, 0.6) is 5.88 Å². The summed E-state index contributed by atoms with van der Waals surface area (Å²) in [5, 5.41) is 3.29. The van der Waals surface area contributed by atoms with E-state index in [1.165, 1.54) is 0 Å². The molecule has 0 fully saturated rings. The van der Waals surface area contributed by atoms with Gasteiger partial charge in [-0.05, 0) is 24.6 Å². The highest BCUT2D eigenvalue weighted by molar-refractivity contribution is 5.42. The average Bonchev–Trinajstić information content (AvgIpc) is 2.48. The van der Waals surface area contributed by atoms with Gasteiger partial charge < -0.3 is 14.8 Å². The molecule has 2 rings (SSSR count). The summed E-state index contributed by atoms with van der Waals surface area (Å²) < 4.78 is 10.3. The number of rotatable bonds is 7. The van der Waals surface area contributed by atoms with E-state index in [2.05, 4.69) is 21.4 Å². The summed E-state index contributed by atoms with van der Waals surface area (Å²) in [7, 11) is 1.64. The topological polar surface area (TPSA) is 56.3 Å². The van der Waals surface area contributed by atoms with Gasteiger partial charge >= 0.3 is 0 Å². The number of anilines is 1. The largest absolute Gasteiger partial charge is 0.475 e. The molecule has 5 heteroatoms. The minimum atomic E-state index is 0.505.